The highest BCUT2D eigenvalue weighted by Crippen LogP contribution is 2.36. The number of halogens is 4. The maximum atomic E-state index is 13.2. The van der Waals surface area contributed by atoms with Gasteiger partial charge in [-0.25, -0.2) is 12.8 Å². The molecule has 0 aromatic heterocycles. The average Bonchev–Trinajstić information content (AvgIpc) is 2.63. The van der Waals surface area contributed by atoms with E-state index >= 15 is 0 Å². The lowest BCUT2D eigenvalue weighted by molar-refractivity contribution is -0.137. The lowest BCUT2D eigenvalue weighted by Gasteiger charge is -2.15. The molecule has 0 fully saturated rings. The van der Waals surface area contributed by atoms with Crippen molar-refractivity contribution in [1.82, 2.24) is 0 Å². The molecule has 0 saturated heterocycles. The lowest BCUT2D eigenvalue weighted by Crippen LogP contribution is -2.17. The van der Waals surface area contributed by atoms with E-state index in [2.05, 4.69) is 0 Å². The second-order valence-electron chi connectivity index (χ2n) is 5.68. The van der Waals surface area contributed by atoms with E-state index in [0.717, 1.165) is 23.3 Å². The van der Waals surface area contributed by atoms with Crippen molar-refractivity contribution in [3.05, 3.63) is 84.2 Å². The first-order valence-electron chi connectivity index (χ1n) is 7.72. The fourth-order valence-corrected chi connectivity index (χ4v) is 3.58. The molecule has 3 nitrogen and oxygen atoms in total. The van der Waals surface area contributed by atoms with Crippen LogP contribution in [0.15, 0.2) is 77.7 Å². The Balaban J connectivity index is 1.92. The quantitative estimate of drug-likeness (QED) is 0.609. The number of rotatable bonds is 4. The van der Waals surface area contributed by atoms with Crippen LogP contribution in [0.4, 0.5) is 23.2 Å². The summed E-state index contributed by atoms with van der Waals surface area (Å²) in [5, 5.41) is 0. The van der Waals surface area contributed by atoms with Gasteiger partial charge in [-0.1, -0.05) is 42.5 Å². The molecular formula is C19H13F4NO2S. The van der Waals surface area contributed by atoms with Crippen molar-refractivity contribution >= 4 is 15.7 Å². The van der Waals surface area contributed by atoms with Crippen LogP contribution in [0.25, 0.3) is 11.1 Å². The minimum absolute atomic E-state index is 0.209. The van der Waals surface area contributed by atoms with Gasteiger partial charge in [-0.05, 0) is 41.5 Å². The fraction of sp³-hybridized carbons (Fsp3) is 0.0526. The molecule has 0 aliphatic heterocycles. The molecular weight excluding hydrogens is 382 g/mol. The van der Waals surface area contributed by atoms with Crippen LogP contribution in [-0.2, 0) is 16.2 Å². The summed E-state index contributed by atoms with van der Waals surface area (Å²) in [6.07, 6.45) is -4.91. The summed E-state index contributed by atoms with van der Waals surface area (Å²) in [7, 11) is -4.28. The predicted octanol–water partition coefficient (Wildman–Crippen LogP) is 5.31. The molecule has 3 rings (SSSR count). The molecule has 0 radical (unpaired) electrons. The number of sulfonamides is 1. The number of alkyl halides is 3. The lowest BCUT2D eigenvalue weighted by atomic mass is 10.1. The number of benzene rings is 3. The monoisotopic (exact) mass is 395 g/mol. The molecule has 3 aromatic carbocycles. The largest absolute Gasteiger partial charge is 0.418 e. The molecule has 140 valence electrons. The number of anilines is 1. The van der Waals surface area contributed by atoms with Crippen molar-refractivity contribution in [2.75, 3.05) is 4.72 Å². The van der Waals surface area contributed by atoms with E-state index in [9.17, 15) is 26.0 Å². The van der Waals surface area contributed by atoms with Gasteiger partial charge in [0.2, 0.25) is 0 Å². The van der Waals surface area contributed by atoms with Crippen LogP contribution < -0.4 is 4.72 Å². The van der Waals surface area contributed by atoms with Gasteiger partial charge < -0.3 is 0 Å². The van der Waals surface area contributed by atoms with Crippen molar-refractivity contribution in [1.29, 1.82) is 0 Å². The first-order chi connectivity index (χ1) is 12.7. The van der Waals surface area contributed by atoms with E-state index < -0.39 is 33.3 Å². The number of hydrogen-bond acceptors (Lipinski definition) is 2. The third-order valence-electron chi connectivity index (χ3n) is 3.80. The molecule has 0 atom stereocenters. The topological polar surface area (TPSA) is 46.2 Å². The third kappa shape index (κ3) is 4.28. The van der Waals surface area contributed by atoms with Crippen molar-refractivity contribution in [2.45, 2.75) is 11.1 Å². The standard InChI is InChI=1S/C19H13F4NO2S/c20-15-8-11-18(17(12-15)19(21,22)23)24-27(25,26)16-9-6-14(7-10-16)13-4-2-1-3-5-13/h1-12,24H. The molecule has 8 heteroatoms. The molecule has 0 aliphatic carbocycles. The summed E-state index contributed by atoms with van der Waals surface area (Å²) in [6, 6.07) is 16.6. The predicted molar refractivity (Wildman–Crippen MR) is 94.1 cm³/mol. The van der Waals surface area contributed by atoms with Gasteiger partial charge in [-0.3, -0.25) is 4.72 Å². The minimum Gasteiger partial charge on any atom is -0.279 e. The minimum atomic E-state index is -4.91. The molecule has 0 unspecified atom stereocenters. The zero-order valence-electron chi connectivity index (χ0n) is 13.7. The molecule has 27 heavy (non-hydrogen) atoms. The van der Waals surface area contributed by atoms with Gasteiger partial charge in [0.25, 0.3) is 10.0 Å². The summed E-state index contributed by atoms with van der Waals surface area (Å²) in [6.45, 7) is 0. The Hall–Kier alpha value is -2.87. The number of hydrogen-bond donors (Lipinski definition) is 1. The van der Waals surface area contributed by atoms with E-state index in [1.165, 1.54) is 12.1 Å². The Morgan fingerprint density at radius 3 is 1.96 bits per heavy atom. The molecule has 3 aromatic rings. The molecule has 0 bridgehead atoms. The summed E-state index contributed by atoms with van der Waals surface area (Å²) in [5.41, 5.74) is -0.511. The highest BCUT2D eigenvalue weighted by molar-refractivity contribution is 7.92. The van der Waals surface area contributed by atoms with Crippen LogP contribution in [0.3, 0.4) is 0 Å². The summed E-state index contributed by atoms with van der Waals surface area (Å²) in [4.78, 5) is -0.209. The van der Waals surface area contributed by atoms with Crippen LogP contribution >= 0.6 is 0 Å². The second-order valence-corrected chi connectivity index (χ2v) is 7.37. The Morgan fingerprint density at radius 2 is 1.37 bits per heavy atom. The highest BCUT2D eigenvalue weighted by atomic mass is 32.2. The maximum absolute atomic E-state index is 13.2. The molecule has 1 N–H and O–H groups in total. The molecule has 0 heterocycles. The Kier molecular flexibility index (Phi) is 4.93. The van der Waals surface area contributed by atoms with Crippen molar-refractivity contribution in [2.24, 2.45) is 0 Å². The van der Waals surface area contributed by atoms with E-state index in [4.69, 9.17) is 0 Å². The first-order valence-corrected chi connectivity index (χ1v) is 9.20. The normalized spacial score (nSPS) is 12.0. The molecule has 0 aliphatic rings. The fourth-order valence-electron chi connectivity index (χ4n) is 2.50. The Labute approximate surface area is 153 Å². The van der Waals surface area contributed by atoms with Crippen molar-refractivity contribution in [3.8, 4) is 11.1 Å². The zero-order chi connectivity index (χ0) is 19.7. The van der Waals surface area contributed by atoms with Gasteiger partial charge >= 0.3 is 6.18 Å². The Bertz CT molecular complexity index is 1050. The smallest absolute Gasteiger partial charge is 0.279 e. The summed E-state index contributed by atoms with van der Waals surface area (Å²) >= 11 is 0. The first kappa shape index (κ1) is 18.9. The highest BCUT2D eigenvalue weighted by Gasteiger charge is 2.35. The van der Waals surface area contributed by atoms with Crippen molar-refractivity contribution < 1.29 is 26.0 Å². The van der Waals surface area contributed by atoms with Crippen molar-refractivity contribution in [3.63, 3.8) is 0 Å². The second kappa shape index (κ2) is 7.03. The van der Waals surface area contributed by atoms with Gasteiger partial charge in [-0.15, -0.1) is 0 Å². The van der Waals surface area contributed by atoms with Gasteiger partial charge in [0.15, 0.2) is 0 Å². The van der Waals surface area contributed by atoms with E-state index in [0.29, 0.717) is 0 Å². The van der Waals surface area contributed by atoms with Gasteiger partial charge in [0.05, 0.1) is 16.1 Å². The molecule has 0 saturated carbocycles. The Morgan fingerprint density at radius 1 is 0.778 bits per heavy atom. The summed E-state index contributed by atoms with van der Waals surface area (Å²) < 4.78 is 79.1. The van der Waals surface area contributed by atoms with Crippen LogP contribution in [0, 0.1) is 5.82 Å². The van der Waals surface area contributed by atoms with Gasteiger partial charge in [-0.2, -0.15) is 13.2 Å². The van der Waals surface area contributed by atoms with Crippen LogP contribution in [-0.4, -0.2) is 8.42 Å². The zero-order valence-corrected chi connectivity index (χ0v) is 14.5. The van der Waals surface area contributed by atoms with E-state index in [-0.39, 0.29) is 11.0 Å². The number of nitrogens with one attached hydrogen (secondary N) is 1. The van der Waals surface area contributed by atoms with E-state index in [1.807, 2.05) is 35.1 Å². The van der Waals surface area contributed by atoms with Gasteiger partial charge in [0.1, 0.15) is 5.82 Å². The van der Waals surface area contributed by atoms with Crippen LogP contribution in [0.5, 0.6) is 0 Å². The van der Waals surface area contributed by atoms with Crippen LogP contribution in [0.2, 0.25) is 0 Å². The van der Waals surface area contributed by atoms with E-state index in [1.54, 1.807) is 12.1 Å². The van der Waals surface area contributed by atoms with Gasteiger partial charge in [0, 0.05) is 0 Å². The average molecular weight is 395 g/mol. The molecule has 0 spiro atoms. The van der Waals surface area contributed by atoms with Crippen LogP contribution in [0.1, 0.15) is 5.56 Å². The maximum Gasteiger partial charge on any atom is 0.418 e. The SMILES string of the molecule is O=S(=O)(Nc1ccc(F)cc1C(F)(F)F)c1ccc(-c2ccccc2)cc1. The third-order valence-corrected chi connectivity index (χ3v) is 5.18. The summed E-state index contributed by atoms with van der Waals surface area (Å²) in [5.74, 6) is -1.11. The molecule has 0 amide bonds.